The molecule has 176 valence electrons. The van der Waals surface area contributed by atoms with Crippen LogP contribution in [0.4, 0.5) is 5.69 Å². The lowest BCUT2D eigenvalue weighted by Crippen LogP contribution is -2.36. The molecule has 3 aromatic rings. The van der Waals surface area contributed by atoms with E-state index in [1.165, 1.54) is 25.8 Å². The molecule has 0 saturated heterocycles. The zero-order chi connectivity index (χ0) is 24.6. The van der Waals surface area contributed by atoms with Gasteiger partial charge in [-0.05, 0) is 49.1 Å². The number of benzene rings is 1. The fourth-order valence-electron chi connectivity index (χ4n) is 3.51. The van der Waals surface area contributed by atoms with E-state index in [9.17, 15) is 14.4 Å². The van der Waals surface area contributed by atoms with Crippen molar-refractivity contribution in [3.63, 3.8) is 0 Å². The molecule has 0 fully saturated rings. The van der Waals surface area contributed by atoms with Crippen LogP contribution in [0.1, 0.15) is 16.1 Å². The van der Waals surface area contributed by atoms with Crippen molar-refractivity contribution < 1.29 is 9.59 Å². The number of hydrogen-bond acceptors (Lipinski definition) is 6. The predicted molar refractivity (Wildman–Crippen MR) is 139 cm³/mol. The van der Waals surface area contributed by atoms with E-state index in [2.05, 4.69) is 4.99 Å². The molecule has 1 aliphatic heterocycles. The fourth-order valence-corrected chi connectivity index (χ4v) is 5.34. The van der Waals surface area contributed by atoms with E-state index in [0.29, 0.717) is 16.5 Å². The minimum Gasteiger partial charge on any atom is -0.348 e. The quantitative estimate of drug-likeness (QED) is 0.508. The van der Waals surface area contributed by atoms with Gasteiger partial charge in [-0.3, -0.25) is 19.1 Å². The summed E-state index contributed by atoms with van der Waals surface area (Å²) >= 11 is 2.66. The van der Waals surface area contributed by atoms with E-state index in [1.54, 1.807) is 38.8 Å². The highest BCUT2D eigenvalue weighted by Gasteiger charge is 2.37. The third-order valence-electron chi connectivity index (χ3n) is 5.57. The lowest BCUT2D eigenvalue weighted by Gasteiger charge is -2.17. The van der Waals surface area contributed by atoms with Gasteiger partial charge in [-0.2, -0.15) is 0 Å². The summed E-state index contributed by atoms with van der Waals surface area (Å²) in [6.07, 6.45) is 1.74. The minimum atomic E-state index is -0.390. The van der Waals surface area contributed by atoms with Crippen LogP contribution >= 0.6 is 23.1 Å². The molecule has 0 spiro atoms. The summed E-state index contributed by atoms with van der Waals surface area (Å²) in [7, 11) is 5.12. The van der Waals surface area contributed by atoms with Crippen LogP contribution in [0, 0.1) is 13.8 Å². The Kier molecular flexibility index (Phi) is 6.63. The molecule has 2 aromatic heterocycles. The number of carbonyl (C=O) groups excluding carboxylic acids is 2. The summed E-state index contributed by atoms with van der Waals surface area (Å²) in [5, 5.41) is 2.26. The molecule has 4 rings (SSSR count). The van der Waals surface area contributed by atoms with Crippen LogP contribution < -0.4 is 10.5 Å². The molecule has 1 aromatic carbocycles. The highest BCUT2D eigenvalue weighted by atomic mass is 32.2. The molecule has 0 bridgehead atoms. The average Bonchev–Trinajstić information content (AvgIpc) is 3.42. The molecule has 0 saturated carbocycles. The summed E-state index contributed by atoms with van der Waals surface area (Å²) in [6, 6.07) is 11.2. The first-order chi connectivity index (χ1) is 16.2. The smallest absolute Gasteiger partial charge is 0.296 e. The van der Waals surface area contributed by atoms with Gasteiger partial charge in [-0.25, -0.2) is 14.6 Å². The number of amidine groups is 1. The molecule has 1 aliphatic rings. The zero-order valence-corrected chi connectivity index (χ0v) is 21.2. The number of nitrogens with zero attached hydrogens (tertiary/aromatic N) is 5. The Balaban J connectivity index is 1.82. The molecule has 0 atom stereocenters. The third kappa shape index (κ3) is 4.26. The highest BCUT2D eigenvalue weighted by Crippen LogP contribution is 2.31. The van der Waals surface area contributed by atoms with Gasteiger partial charge < -0.3 is 4.90 Å². The zero-order valence-electron chi connectivity index (χ0n) is 19.6. The van der Waals surface area contributed by atoms with Gasteiger partial charge in [0.1, 0.15) is 11.4 Å². The van der Waals surface area contributed by atoms with Crippen molar-refractivity contribution in [2.45, 2.75) is 13.8 Å². The SMILES string of the molecule is Cc1ccsc1/C=C1\N=C(SCC(=O)N(C)C)N(c2c(C)n(C)n(-c3ccccc3)c2=O)C1=O. The van der Waals surface area contributed by atoms with Crippen LogP contribution in [0.5, 0.6) is 0 Å². The number of thioether (sulfide) groups is 1. The largest absolute Gasteiger partial charge is 0.348 e. The number of amides is 2. The average molecular weight is 496 g/mol. The molecule has 8 nitrogen and oxygen atoms in total. The predicted octanol–water partition coefficient (Wildman–Crippen LogP) is 3.42. The van der Waals surface area contributed by atoms with Gasteiger partial charge in [-0.1, -0.05) is 30.0 Å². The maximum atomic E-state index is 13.6. The molecule has 10 heteroatoms. The van der Waals surface area contributed by atoms with Gasteiger partial charge in [0.25, 0.3) is 11.5 Å². The van der Waals surface area contributed by atoms with Crippen LogP contribution in [-0.2, 0) is 16.6 Å². The highest BCUT2D eigenvalue weighted by molar-refractivity contribution is 8.14. The van der Waals surface area contributed by atoms with Gasteiger partial charge in [-0.15, -0.1) is 11.3 Å². The lowest BCUT2D eigenvalue weighted by atomic mass is 10.2. The van der Waals surface area contributed by atoms with Gasteiger partial charge in [0.05, 0.1) is 17.1 Å². The first kappa shape index (κ1) is 23.8. The van der Waals surface area contributed by atoms with E-state index in [-0.39, 0.29) is 28.6 Å². The standard InChI is InChI=1S/C24H25N5O3S2/c1-15-11-12-33-19(15)13-18-22(31)28(24(25-18)34-14-20(30)26(3)4)21-16(2)27(5)29(23(21)32)17-9-7-6-8-10-17/h6-13H,14H2,1-5H3/b18-13-. The van der Waals surface area contributed by atoms with E-state index in [4.69, 9.17) is 0 Å². The van der Waals surface area contributed by atoms with Crippen LogP contribution in [0.2, 0.25) is 0 Å². The first-order valence-electron chi connectivity index (χ1n) is 10.6. The van der Waals surface area contributed by atoms with Crippen LogP contribution in [0.15, 0.2) is 57.3 Å². The topological polar surface area (TPSA) is 79.9 Å². The monoisotopic (exact) mass is 495 g/mol. The Morgan fingerprint density at radius 3 is 2.47 bits per heavy atom. The first-order valence-corrected chi connectivity index (χ1v) is 12.4. The maximum absolute atomic E-state index is 13.6. The van der Waals surface area contributed by atoms with E-state index in [0.717, 1.165) is 22.2 Å². The number of aliphatic imine (C=N–C) groups is 1. The Morgan fingerprint density at radius 2 is 1.85 bits per heavy atom. The Labute approximate surface area is 205 Å². The minimum absolute atomic E-state index is 0.0969. The number of hydrogen-bond donors (Lipinski definition) is 0. The molecular weight excluding hydrogens is 470 g/mol. The normalized spacial score (nSPS) is 14.7. The second-order valence-corrected chi connectivity index (χ2v) is 9.91. The Bertz CT molecular complexity index is 1380. The molecule has 0 aliphatic carbocycles. The Hall–Kier alpha value is -3.37. The van der Waals surface area contributed by atoms with Gasteiger partial charge in [0.15, 0.2) is 5.17 Å². The summed E-state index contributed by atoms with van der Waals surface area (Å²) in [5.41, 5.74) is 2.47. The van der Waals surface area contributed by atoms with Crippen LogP contribution in [0.25, 0.3) is 11.8 Å². The van der Waals surface area contributed by atoms with Gasteiger partial charge in [0.2, 0.25) is 5.91 Å². The number of anilines is 1. The number of aryl methyl sites for hydroxylation is 1. The Morgan fingerprint density at radius 1 is 1.15 bits per heavy atom. The van der Waals surface area contributed by atoms with Crippen molar-refractivity contribution in [1.29, 1.82) is 0 Å². The van der Waals surface area contributed by atoms with Crippen molar-refractivity contribution in [3.8, 4) is 5.69 Å². The number of rotatable bonds is 5. The second kappa shape index (κ2) is 9.47. The fraction of sp³-hybridized carbons (Fsp3) is 0.250. The van der Waals surface area contributed by atoms with Crippen molar-refractivity contribution in [1.82, 2.24) is 14.3 Å². The van der Waals surface area contributed by atoms with E-state index < -0.39 is 5.91 Å². The summed E-state index contributed by atoms with van der Waals surface area (Å²) in [5.74, 6) is -0.406. The molecule has 0 radical (unpaired) electrons. The number of thiophene rings is 1. The van der Waals surface area contributed by atoms with Crippen molar-refractivity contribution in [2.24, 2.45) is 12.0 Å². The number of para-hydroxylation sites is 1. The van der Waals surface area contributed by atoms with Crippen LogP contribution in [0.3, 0.4) is 0 Å². The molecule has 34 heavy (non-hydrogen) atoms. The van der Waals surface area contributed by atoms with Crippen molar-refractivity contribution in [3.05, 3.63) is 74.0 Å². The molecule has 2 amide bonds. The van der Waals surface area contributed by atoms with E-state index in [1.807, 2.05) is 48.7 Å². The molecule has 0 N–H and O–H groups in total. The van der Waals surface area contributed by atoms with Crippen molar-refractivity contribution >= 4 is 51.8 Å². The number of aromatic nitrogens is 2. The van der Waals surface area contributed by atoms with E-state index >= 15 is 0 Å². The van der Waals surface area contributed by atoms with Crippen molar-refractivity contribution in [2.75, 3.05) is 24.7 Å². The molecule has 0 unspecified atom stereocenters. The van der Waals surface area contributed by atoms with Gasteiger partial charge >= 0.3 is 0 Å². The molecule has 3 heterocycles. The summed E-state index contributed by atoms with van der Waals surface area (Å²) in [4.78, 5) is 47.7. The summed E-state index contributed by atoms with van der Waals surface area (Å²) in [6.45, 7) is 3.76. The van der Waals surface area contributed by atoms with Crippen LogP contribution in [-0.4, -0.2) is 51.1 Å². The third-order valence-corrected chi connectivity index (χ3v) is 7.46. The molecular formula is C24H25N5O3S2. The maximum Gasteiger partial charge on any atom is 0.296 e. The second-order valence-electron chi connectivity index (χ2n) is 8.02. The number of carbonyl (C=O) groups is 2. The van der Waals surface area contributed by atoms with Gasteiger partial charge in [0, 0.05) is 26.0 Å². The lowest BCUT2D eigenvalue weighted by molar-refractivity contribution is -0.125. The summed E-state index contributed by atoms with van der Waals surface area (Å²) < 4.78 is 3.25.